The monoisotopic (exact) mass is 295 g/mol. The second-order valence-electron chi connectivity index (χ2n) is 4.39. The van der Waals surface area contributed by atoms with E-state index in [1.54, 1.807) is 0 Å². The van der Waals surface area contributed by atoms with Crippen LogP contribution < -0.4 is 0 Å². The topological polar surface area (TPSA) is 12.9 Å². The van der Waals surface area contributed by atoms with Crippen LogP contribution in [0.15, 0.2) is 22.7 Å². The van der Waals surface area contributed by atoms with Gasteiger partial charge < -0.3 is 0 Å². The van der Waals surface area contributed by atoms with Crippen LogP contribution >= 0.6 is 27.5 Å². The number of hydrogen-bond acceptors (Lipinski definition) is 1. The smallest absolute Gasteiger partial charge is 0.0760 e. The lowest BCUT2D eigenvalue weighted by Crippen LogP contribution is -1.91. The molecule has 1 fully saturated rings. The molecule has 16 heavy (non-hydrogen) atoms. The number of aryl methyl sites for hydroxylation is 1. The van der Waals surface area contributed by atoms with E-state index in [4.69, 9.17) is 16.6 Å². The zero-order valence-corrected chi connectivity index (χ0v) is 11.3. The molecule has 3 rings (SSSR count). The Bertz CT molecular complexity index is 576. The van der Waals surface area contributed by atoms with Gasteiger partial charge in [0.25, 0.3) is 0 Å². The molecule has 0 amide bonds. The first-order valence-corrected chi connectivity index (χ1v) is 6.59. The Labute approximate surface area is 108 Å². The number of halogens is 2. The van der Waals surface area contributed by atoms with Gasteiger partial charge in [0, 0.05) is 21.5 Å². The average molecular weight is 297 g/mol. The Morgan fingerprint density at radius 1 is 1.38 bits per heavy atom. The summed E-state index contributed by atoms with van der Waals surface area (Å²) in [5, 5.41) is 1.84. The van der Waals surface area contributed by atoms with E-state index in [9.17, 15) is 0 Å². The van der Waals surface area contributed by atoms with Crippen molar-refractivity contribution in [2.24, 2.45) is 0 Å². The van der Waals surface area contributed by atoms with Gasteiger partial charge in [0.1, 0.15) is 0 Å². The van der Waals surface area contributed by atoms with Gasteiger partial charge >= 0.3 is 0 Å². The van der Waals surface area contributed by atoms with Gasteiger partial charge in [0.2, 0.25) is 0 Å². The summed E-state index contributed by atoms with van der Waals surface area (Å²) in [6, 6.07) is 6.13. The predicted octanol–water partition coefficient (Wildman–Crippen LogP) is 4.84. The molecule has 1 saturated carbocycles. The standard InChI is InChI=1S/C13H11BrClN/c1-7-2-5-9(14)12-10(15)6-11(8-3-4-8)16-13(7)12/h2,5-6,8H,3-4H2,1H3. The molecule has 0 atom stereocenters. The van der Waals surface area contributed by atoms with Gasteiger partial charge in [-0.05, 0) is 37.5 Å². The van der Waals surface area contributed by atoms with Crippen molar-refractivity contribution in [2.45, 2.75) is 25.7 Å². The molecule has 1 aliphatic carbocycles. The fourth-order valence-corrected chi connectivity index (χ4v) is 2.94. The number of aromatic nitrogens is 1. The van der Waals surface area contributed by atoms with E-state index in [0.29, 0.717) is 5.92 Å². The quantitative estimate of drug-likeness (QED) is 0.734. The molecule has 0 unspecified atom stereocenters. The summed E-state index contributed by atoms with van der Waals surface area (Å²) >= 11 is 9.88. The maximum atomic E-state index is 6.34. The van der Waals surface area contributed by atoms with E-state index >= 15 is 0 Å². The van der Waals surface area contributed by atoms with E-state index in [2.05, 4.69) is 28.9 Å². The highest BCUT2D eigenvalue weighted by molar-refractivity contribution is 9.10. The fourth-order valence-electron chi connectivity index (χ4n) is 1.99. The van der Waals surface area contributed by atoms with Gasteiger partial charge in [-0.15, -0.1) is 0 Å². The van der Waals surface area contributed by atoms with E-state index in [0.717, 1.165) is 26.1 Å². The first kappa shape index (κ1) is 10.5. The van der Waals surface area contributed by atoms with Crippen LogP contribution in [0.25, 0.3) is 10.9 Å². The summed E-state index contributed by atoms with van der Waals surface area (Å²) in [5.74, 6) is 0.639. The third-order valence-corrected chi connectivity index (χ3v) is 4.04. The normalized spacial score (nSPS) is 15.7. The number of pyridine rings is 1. The van der Waals surface area contributed by atoms with Crippen LogP contribution in [0.4, 0.5) is 0 Å². The largest absolute Gasteiger partial charge is 0.252 e. The minimum absolute atomic E-state index is 0.639. The van der Waals surface area contributed by atoms with Crippen LogP contribution in [-0.4, -0.2) is 4.98 Å². The summed E-state index contributed by atoms with van der Waals surface area (Å²) in [6.45, 7) is 2.08. The lowest BCUT2D eigenvalue weighted by Gasteiger charge is -2.08. The van der Waals surface area contributed by atoms with Crippen molar-refractivity contribution in [2.75, 3.05) is 0 Å². The van der Waals surface area contributed by atoms with Gasteiger partial charge in [-0.25, -0.2) is 0 Å². The zero-order chi connectivity index (χ0) is 11.3. The van der Waals surface area contributed by atoms with E-state index in [-0.39, 0.29) is 0 Å². The van der Waals surface area contributed by atoms with Gasteiger partial charge in [0.05, 0.1) is 10.5 Å². The van der Waals surface area contributed by atoms with E-state index < -0.39 is 0 Å². The maximum Gasteiger partial charge on any atom is 0.0760 e. The molecule has 2 aromatic rings. The molecular formula is C13H11BrClN. The molecule has 1 heterocycles. The van der Waals surface area contributed by atoms with Crippen molar-refractivity contribution in [3.63, 3.8) is 0 Å². The van der Waals surface area contributed by atoms with Gasteiger partial charge in [-0.3, -0.25) is 4.98 Å². The Kier molecular flexibility index (Phi) is 2.45. The predicted molar refractivity (Wildman–Crippen MR) is 71.2 cm³/mol. The first-order valence-electron chi connectivity index (χ1n) is 5.42. The zero-order valence-electron chi connectivity index (χ0n) is 8.93. The Morgan fingerprint density at radius 2 is 2.12 bits per heavy atom. The number of nitrogens with zero attached hydrogens (tertiary/aromatic N) is 1. The van der Waals surface area contributed by atoms with Crippen LogP contribution in [0.3, 0.4) is 0 Å². The summed E-state index contributed by atoms with van der Waals surface area (Å²) in [6.07, 6.45) is 2.50. The van der Waals surface area contributed by atoms with Crippen molar-refractivity contribution < 1.29 is 0 Å². The molecule has 0 N–H and O–H groups in total. The number of rotatable bonds is 1. The third kappa shape index (κ3) is 1.64. The van der Waals surface area contributed by atoms with Gasteiger partial charge in [0.15, 0.2) is 0 Å². The second kappa shape index (κ2) is 3.71. The van der Waals surface area contributed by atoms with Crippen LogP contribution in [-0.2, 0) is 0 Å². The van der Waals surface area contributed by atoms with E-state index in [1.165, 1.54) is 18.4 Å². The molecule has 1 aromatic carbocycles. The van der Waals surface area contributed by atoms with Gasteiger partial charge in [-0.2, -0.15) is 0 Å². The molecular weight excluding hydrogens is 286 g/mol. The van der Waals surface area contributed by atoms with Crippen molar-refractivity contribution in [3.05, 3.63) is 39.0 Å². The molecule has 0 spiro atoms. The van der Waals surface area contributed by atoms with Gasteiger partial charge in [-0.1, -0.05) is 33.6 Å². The van der Waals surface area contributed by atoms with Crippen LogP contribution in [0, 0.1) is 6.92 Å². The Hall–Kier alpha value is -0.600. The molecule has 0 radical (unpaired) electrons. The van der Waals surface area contributed by atoms with Crippen molar-refractivity contribution in [3.8, 4) is 0 Å². The number of hydrogen-bond donors (Lipinski definition) is 0. The maximum absolute atomic E-state index is 6.34. The first-order chi connectivity index (χ1) is 7.66. The highest BCUT2D eigenvalue weighted by Crippen LogP contribution is 2.42. The third-order valence-electron chi connectivity index (χ3n) is 3.08. The van der Waals surface area contributed by atoms with Crippen molar-refractivity contribution >= 4 is 38.4 Å². The summed E-state index contributed by atoms with van der Waals surface area (Å²) < 4.78 is 1.02. The molecule has 1 nitrogen and oxygen atoms in total. The molecule has 0 bridgehead atoms. The van der Waals surface area contributed by atoms with Crippen LogP contribution in [0.1, 0.15) is 30.0 Å². The van der Waals surface area contributed by atoms with Crippen molar-refractivity contribution in [1.29, 1.82) is 0 Å². The number of fused-ring (bicyclic) bond motifs is 1. The van der Waals surface area contributed by atoms with Crippen LogP contribution in [0.2, 0.25) is 5.02 Å². The highest BCUT2D eigenvalue weighted by atomic mass is 79.9. The highest BCUT2D eigenvalue weighted by Gasteiger charge is 2.26. The SMILES string of the molecule is Cc1ccc(Br)c2c(Cl)cc(C3CC3)nc12. The lowest BCUT2D eigenvalue weighted by atomic mass is 10.1. The second-order valence-corrected chi connectivity index (χ2v) is 5.65. The minimum Gasteiger partial charge on any atom is -0.252 e. The molecule has 82 valence electrons. The van der Waals surface area contributed by atoms with Crippen LogP contribution in [0.5, 0.6) is 0 Å². The molecule has 3 heteroatoms. The minimum atomic E-state index is 0.639. The summed E-state index contributed by atoms with van der Waals surface area (Å²) in [7, 11) is 0. The molecule has 0 saturated heterocycles. The average Bonchev–Trinajstić information content (AvgIpc) is 3.06. The lowest BCUT2D eigenvalue weighted by molar-refractivity contribution is 1.04. The summed E-state index contributed by atoms with van der Waals surface area (Å²) in [5.41, 5.74) is 3.37. The van der Waals surface area contributed by atoms with Crippen molar-refractivity contribution in [1.82, 2.24) is 4.98 Å². The summed E-state index contributed by atoms with van der Waals surface area (Å²) in [4.78, 5) is 4.74. The van der Waals surface area contributed by atoms with E-state index in [1.807, 2.05) is 12.1 Å². The Balaban J connectivity index is 2.36. The molecule has 1 aliphatic rings. The number of benzene rings is 1. The molecule has 0 aliphatic heterocycles. The Morgan fingerprint density at radius 3 is 2.81 bits per heavy atom. The molecule has 1 aromatic heterocycles. The fraction of sp³-hybridized carbons (Fsp3) is 0.308.